The summed E-state index contributed by atoms with van der Waals surface area (Å²) < 4.78 is -0.442. The molecule has 6 heteroatoms. The molecule has 1 aliphatic carbocycles. The van der Waals surface area contributed by atoms with Gasteiger partial charge in [-0.05, 0) is 5.41 Å². The number of carboxylic acids is 1. The van der Waals surface area contributed by atoms with Gasteiger partial charge in [0.1, 0.15) is 3.23 Å². The van der Waals surface area contributed by atoms with Gasteiger partial charge in [-0.15, -0.1) is 0 Å². The highest BCUT2D eigenvalue weighted by atomic mass is 79.9. The van der Waals surface area contributed by atoms with E-state index in [1.165, 1.54) is 0 Å². The van der Waals surface area contributed by atoms with Gasteiger partial charge in [-0.2, -0.15) is 0 Å². The lowest BCUT2D eigenvalue weighted by atomic mass is 10.1. The molecule has 0 bridgehead atoms. The van der Waals surface area contributed by atoms with E-state index < -0.39 is 9.20 Å². The second-order valence-electron chi connectivity index (χ2n) is 4.09. The quantitative estimate of drug-likeness (QED) is 0.652. The van der Waals surface area contributed by atoms with Crippen molar-refractivity contribution in [3.05, 3.63) is 0 Å². The first-order chi connectivity index (χ1) is 6.13. The Hall–Kier alpha value is 1.39. The van der Waals surface area contributed by atoms with Crippen LogP contribution in [0.25, 0.3) is 0 Å². The number of carboxylic acid groups (broad SMARTS) is 1. The predicted molar refractivity (Wildman–Crippen MR) is 70.6 cm³/mol. The minimum absolute atomic E-state index is 0.0175. The molecule has 0 radical (unpaired) electrons. The van der Waals surface area contributed by atoms with Gasteiger partial charge >= 0.3 is 5.97 Å². The number of rotatable bonds is 3. The van der Waals surface area contributed by atoms with E-state index in [0.717, 1.165) is 0 Å². The lowest BCUT2D eigenvalue weighted by Crippen LogP contribution is -2.26. The number of hydrogen-bond donors (Lipinski definition) is 1. The fraction of sp³-hybridized carbons (Fsp3) is 0.875. The van der Waals surface area contributed by atoms with Crippen LogP contribution in [-0.4, -0.2) is 18.0 Å². The lowest BCUT2D eigenvalue weighted by Gasteiger charge is -2.23. The van der Waals surface area contributed by atoms with Crippen molar-refractivity contribution in [3.8, 4) is 0 Å². The first-order valence-corrected chi connectivity index (χ1v) is 7.44. The van der Waals surface area contributed by atoms with Gasteiger partial charge in [-0.1, -0.05) is 77.6 Å². The smallest absolute Gasteiger partial charge is 0.307 e. The van der Waals surface area contributed by atoms with E-state index in [4.69, 9.17) is 5.11 Å². The van der Waals surface area contributed by atoms with Crippen molar-refractivity contribution >= 4 is 69.7 Å². The average Bonchev–Trinajstić information content (AvgIpc) is 2.53. The first-order valence-electron chi connectivity index (χ1n) is 4.02. The molecule has 1 fully saturated rings. The third-order valence-corrected chi connectivity index (χ3v) is 8.60. The van der Waals surface area contributed by atoms with Crippen molar-refractivity contribution in [1.29, 1.82) is 0 Å². The molecule has 0 aromatic heterocycles. The maximum absolute atomic E-state index is 11.0. The molecule has 1 aliphatic rings. The van der Waals surface area contributed by atoms with E-state index in [-0.39, 0.29) is 21.0 Å². The number of hydrogen-bond acceptors (Lipinski definition) is 1. The van der Waals surface area contributed by atoms with Crippen LogP contribution in [0.5, 0.6) is 0 Å². The van der Waals surface area contributed by atoms with Crippen LogP contribution in [0.15, 0.2) is 0 Å². The molecule has 0 heterocycles. The molecule has 0 aromatic rings. The summed E-state index contributed by atoms with van der Waals surface area (Å²) in [5.41, 5.74) is -0.182. The Balaban J connectivity index is 2.88. The Morgan fingerprint density at radius 1 is 1.43 bits per heavy atom. The maximum atomic E-state index is 11.0. The van der Waals surface area contributed by atoms with Crippen LogP contribution in [0.2, 0.25) is 0 Å². The van der Waals surface area contributed by atoms with E-state index in [1.807, 2.05) is 13.8 Å². The Bertz CT molecular complexity index is 262. The van der Waals surface area contributed by atoms with Crippen molar-refractivity contribution < 1.29 is 9.90 Å². The van der Waals surface area contributed by atoms with Gasteiger partial charge in [0.05, 0.1) is 9.65 Å². The Labute approximate surface area is 117 Å². The lowest BCUT2D eigenvalue weighted by molar-refractivity contribution is -0.139. The molecule has 0 saturated heterocycles. The summed E-state index contributed by atoms with van der Waals surface area (Å²) in [6.45, 7) is 3.94. The Morgan fingerprint density at radius 3 is 2.07 bits per heavy atom. The normalized spacial score (nSPS) is 30.5. The van der Waals surface area contributed by atoms with Crippen LogP contribution in [-0.2, 0) is 4.79 Å². The van der Waals surface area contributed by atoms with E-state index in [1.54, 1.807) is 0 Å². The fourth-order valence-electron chi connectivity index (χ4n) is 1.95. The SMILES string of the molecule is CC1(C)[C@H](C(=O)O)[C@H]1C(Br)(Br)C(Br)Br. The summed E-state index contributed by atoms with van der Waals surface area (Å²) in [5.74, 6) is -0.987. The van der Waals surface area contributed by atoms with Gasteiger partial charge in [-0.3, -0.25) is 4.79 Å². The molecule has 0 spiro atoms. The zero-order valence-electron chi connectivity index (χ0n) is 7.60. The Kier molecular flexibility index (Phi) is 3.85. The van der Waals surface area contributed by atoms with Crippen LogP contribution in [0, 0.1) is 17.3 Å². The van der Waals surface area contributed by atoms with Gasteiger partial charge in [0, 0.05) is 5.92 Å². The van der Waals surface area contributed by atoms with Crippen LogP contribution in [0.3, 0.4) is 0 Å². The van der Waals surface area contributed by atoms with Crippen molar-refractivity contribution in [1.82, 2.24) is 0 Å². The molecule has 0 unspecified atom stereocenters. The minimum atomic E-state index is -0.732. The van der Waals surface area contributed by atoms with Gasteiger partial charge < -0.3 is 5.11 Å². The van der Waals surface area contributed by atoms with Gasteiger partial charge in [0.25, 0.3) is 0 Å². The molecular formula is C8H10Br4O2. The third-order valence-electron chi connectivity index (χ3n) is 2.80. The Morgan fingerprint density at radius 2 is 1.86 bits per heavy atom. The molecule has 1 rings (SSSR count). The fourth-order valence-corrected chi connectivity index (χ4v) is 4.23. The topological polar surface area (TPSA) is 37.3 Å². The molecular weight excluding hydrogens is 448 g/mol. The summed E-state index contributed by atoms with van der Waals surface area (Å²) in [5, 5.41) is 9.03. The number of alkyl halides is 4. The molecule has 0 aliphatic heterocycles. The summed E-state index contributed by atoms with van der Waals surface area (Å²) in [6, 6.07) is 0. The molecule has 1 N–H and O–H groups in total. The van der Waals surface area contributed by atoms with Crippen molar-refractivity contribution in [2.24, 2.45) is 17.3 Å². The van der Waals surface area contributed by atoms with Gasteiger partial charge in [0.2, 0.25) is 0 Å². The van der Waals surface area contributed by atoms with E-state index >= 15 is 0 Å². The van der Waals surface area contributed by atoms with Gasteiger partial charge in [-0.25, -0.2) is 0 Å². The molecule has 0 aromatic carbocycles. The first kappa shape index (κ1) is 13.5. The van der Waals surface area contributed by atoms with Crippen molar-refractivity contribution in [2.45, 2.75) is 20.8 Å². The summed E-state index contributed by atoms with van der Waals surface area (Å²) in [6.07, 6.45) is 0. The number of halogens is 4. The summed E-state index contributed by atoms with van der Waals surface area (Å²) in [4.78, 5) is 11.0. The summed E-state index contributed by atoms with van der Waals surface area (Å²) >= 11 is 13.8. The van der Waals surface area contributed by atoms with Gasteiger partial charge in [0.15, 0.2) is 0 Å². The highest BCUT2D eigenvalue weighted by molar-refractivity contribution is 9.30. The molecule has 2 atom stereocenters. The third kappa shape index (κ3) is 2.09. The van der Waals surface area contributed by atoms with E-state index in [2.05, 4.69) is 63.7 Å². The molecule has 2 nitrogen and oxygen atoms in total. The van der Waals surface area contributed by atoms with Crippen molar-refractivity contribution in [3.63, 3.8) is 0 Å². The predicted octanol–water partition coefficient (Wildman–Crippen LogP) is 3.95. The van der Waals surface area contributed by atoms with E-state index in [0.29, 0.717) is 0 Å². The van der Waals surface area contributed by atoms with Crippen LogP contribution < -0.4 is 0 Å². The molecule has 1 saturated carbocycles. The largest absolute Gasteiger partial charge is 0.481 e. The van der Waals surface area contributed by atoms with Crippen LogP contribution in [0.4, 0.5) is 0 Å². The second-order valence-corrected chi connectivity index (χ2v) is 10.8. The summed E-state index contributed by atoms with van der Waals surface area (Å²) in [7, 11) is 0. The highest BCUT2D eigenvalue weighted by Crippen LogP contribution is 2.69. The average molecular weight is 458 g/mol. The standard InChI is InChI=1S/C8H10Br4O2/c1-7(2)3(5(13)14)4(7)8(11,12)6(9)10/h3-4,6H,1-2H3,(H,13,14)/t3-,4+/m0/s1. The second kappa shape index (κ2) is 4.00. The number of carbonyl (C=O) groups is 1. The maximum Gasteiger partial charge on any atom is 0.307 e. The highest BCUT2D eigenvalue weighted by Gasteiger charge is 2.70. The molecule has 82 valence electrons. The minimum Gasteiger partial charge on any atom is -0.481 e. The van der Waals surface area contributed by atoms with E-state index in [9.17, 15) is 4.79 Å². The van der Waals surface area contributed by atoms with Crippen molar-refractivity contribution in [2.75, 3.05) is 0 Å². The van der Waals surface area contributed by atoms with Crippen LogP contribution >= 0.6 is 63.7 Å². The number of aliphatic carboxylic acids is 1. The zero-order chi connectivity index (χ0) is 11.3. The molecule has 14 heavy (non-hydrogen) atoms. The van der Waals surface area contributed by atoms with Crippen LogP contribution in [0.1, 0.15) is 13.8 Å². The monoisotopic (exact) mass is 454 g/mol. The zero-order valence-corrected chi connectivity index (χ0v) is 13.9. The molecule has 0 amide bonds.